The van der Waals surface area contributed by atoms with Gasteiger partial charge in [0.1, 0.15) is 0 Å². The Morgan fingerprint density at radius 3 is 2.50 bits per heavy atom. The summed E-state index contributed by atoms with van der Waals surface area (Å²) in [6.07, 6.45) is 2.29. The van der Waals surface area contributed by atoms with E-state index in [-0.39, 0.29) is 23.5 Å². The second kappa shape index (κ2) is 7.88. The van der Waals surface area contributed by atoms with Crippen molar-refractivity contribution in [1.29, 1.82) is 0 Å². The molecule has 7 heteroatoms. The number of methoxy groups -OCH3 is 2. The summed E-state index contributed by atoms with van der Waals surface area (Å²) in [5, 5.41) is 0. The van der Waals surface area contributed by atoms with Crippen LogP contribution >= 0.6 is 0 Å². The monoisotopic (exact) mass is 355 g/mol. The molecule has 1 heterocycles. The maximum absolute atomic E-state index is 13.0. The van der Waals surface area contributed by atoms with Gasteiger partial charge in [0.15, 0.2) is 21.3 Å². The lowest BCUT2D eigenvalue weighted by Crippen LogP contribution is -2.41. The average Bonchev–Trinajstić information content (AvgIpc) is 2.94. The molecule has 1 aromatic carbocycles. The molecule has 0 aliphatic carbocycles. The summed E-state index contributed by atoms with van der Waals surface area (Å²) in [7, 11) is 0.0130. The SMILES string of the molecule is CCCCN(C(=O)c1ccc(OC)c(OC)c1)[C@@H]1CCS(=O)(=O)C1. The van der Waals surface area contributed by atoms with E-state index in [2.05, 4.69) is 0 Å². The summed E-state index contributed by atoms with van der Waals surface area (Å²) in [4.78, 5) is 14.7. The van der Waals surface area contributed by atoms with Gasteiger partial charge >= 0.3 is 0 Å². The van der Waals surface area contributed by atoms with Crippen LogP contribution in [-0.4, -0.2) is 57.5 Å². The Labute approximate surface area is 143 Å². The summed E-state index contributed by atoms with van der Waals surface area (Å²) >= 11 is 0. The van der Waals surface area contributed by atoms with Crippen molar-refractivity contribution in [2.45, 2.75) is 32.2 Å². The Morgan fingerprint density at radius 2 is 1.96 bits per heavy atom. The van der Waals surface area contributed by atoms with E-state index in [0.717, 1.165) is 12.8 Å². The lowest BCUT2D eigenvalue weighted by Gasteiger charge is -2.28. The highest BCUT2D eigenvalue weighted by Gasteiger charge is 2.34. The van der Waals surface area contributed by atoms with Gasteiger partial charge in [-0.15, -0.1) is 0 Å². The van der Waals surface area contributed by atoms with Gasteiger partial charge in [0.25, 0.3) is 5.91 Å². The molecule has 1 amide bonds. The van der Waals surface area contributed by atoms with Crippen molar-refractivity contribution in [2.24, 2.45) is 0 Å². The van der Waals surface area contributed by atoms with Crippen LogP contribution < -0.4 is 9.47 Å². The third-order valence-corrected chi connectivity index (χ3v) is 6.04. The summed E-state index contributed by atoms with van der Waals surface area (Å²) in [6.45, 7) is 2.61. The summed E-state index contributed by atoms with van der Waals surface area (Å²) in [6, 6.07) is 4.77. The predicted octanol–water partition coefficient (Wildman–Crippen LogP) is 2.13. The lowest BCUT2D eigenvalue weighted by molar-refractivity contribution is 0.0693. The average molecular weight is 355 g/mol. The zero-order valence-electron chi connectivity index (χ0n) is 14.4. The zero-order chi connectivity index (χ0) is 17.7. The van der Waals surface area contributed by atoms with E-state index in [4.69, 9.17) is 9.47 Å². The van der Waals surface area contributed by atoms with Crippen LogP contribution in [0, 0.1) is 0 Å². The van der Waals surface area contributed by atoms with Crippen LogP contribution in [-0.2, 0) is 9.84 Å². The van der Waals surface area contributed by atoms with Crippen molar-refractivity contribution >= 4 is 15.7 Å². The Kier molecular flexibility index (Phi) is 6.10. The molecule has 1 fully saturated rings. The van der Waals surface area contributed by atoms with Crippen molar-refractivity contribution in [3.05, 3.63) is 23.8 Å². The van der Waals surface area contributed by atoms with E-state index in [0.29, 0.717) is 30.0 Å². The number of sulfone groups is 1. The second-order valence-electron chi connectivity index (χ2n) is 5.98. The van der Waals surface area contributed by atoms with Gasteiger partial charge in [-0.3, -0.25) is 4.79 Å². The minimum atomic E-state index is -3.04. The number of carbonyl (C=O) groups excluding carboxylic acids is 1. The quantitative estimate of drug-likeness (QED) is 0.749. The van der Waals surface area contributed by atoms with Crippen molar-refractivity contribution in [1.82, 2.24) is 4.90 Å². The first-order valence-electron chi connectivity index (χ1n) is 8.15. The van der Waals surface area contributed by atoms with Crippen LogP contribution in [0.2, 0.25) is 0 Å². The topological polar surface area (TPSA) is 72.9 Å². The molecule has 1 saturated heterocycles. The number of carbonyl (C=O) groups is 1. The molecule has 0 unspecified atom stereocenters. The molecule has 2 rings (SSSR count). The number of rotatable bonds is 7. The first-order valence-corrected chi connectivity index (χ1v) is 9.97. The van der Waals surface area contributed by atoms with Gasteiger partial charge in [0.05, 0.1) is 25.7 Å². The van der Waals surface area contributed by atoms with Crippen LogP contribution in [0.1, 0.15) is 36.5 Å². The van der Waals surface area contributed by atoms with Gasteiger partial charge in [0.2, 0.25) is 0 Å². The van der Waals surface area contributed by atoms with Gasteiger partial charge in [0, 0.05) is 18.2 Å². The van der Waals surface area contributed by atoms with E-state index in [9.17, 15) is 13.2 Å². The maximum Gasteiger partial charge on any atom is 0.254 e. The molecule has 1 atom stereocenters. The minimum absolute atomic E-state index is 0.0513. The smallest absolute Gasteiger partial charge is 0.254 e. The Bertz CT molecular complexity index is 686. The first-order chi connectivity index (χ1) is 11.4. The van der Waals surface area contributed by atoms with Gasteiger partial charge in [-0.2, -0.15) is 0 Å². The fraction of sp³-hybridized carbons (Fsp3) is 0.588. The number of nitrogens with zero attached hydrogens (tertiary/aromatic N) is 1. The summed E-state index contributed by atoms with van der Waals surface area (Å²) in [5.74, 6) is 1.08. The molecule has 0 saturated carbocycles. The predicted molar refractivity (Wildman–Crippen MR) is 92.5 cm³/mol. The molecule has 0 N–H and O–H groups in total. The van der Waals surface area contributed by atoms with E-state index in [1.165, 1.54) is 14.2 Å². The van der Waals surface area contributed by atoms with Crippen molar-refractivity contribution in [3.8, 4) is 11.5 Å². The van der Waals surface area contributed by atoms with Gasteiger partial charge in [-0.25, -0.2) is 8.42 Å². The first kappa shape index (κ1) is 18.6. The van der Waals surface area contributed by atoms with Crippen LogP contribution in [0.15, 0.2) is 18.2 Å². The highest BCUT2D eigenvalue weighted by atomic mass is 32.2. The third-order valence-electron chi connectivity index (χ3n) is 4.29. The summed E-state index contributed by atoms with van der Waals surface area (Å²) in [5.41, 5.74) is 0.480. The molecule has 0 radical (unpaired) electrons. The zero-order valence-corrected chi connectivity index (χ0v) is 15.3. The fourth-order valence-electron chi connectivity index (χ4n) is 2.93. The Morgan fingerprint density at radius 1 is 1.25 bits per heavy atom. The van der Waals surface area contributed by atoms with Crippen LogP contribution in [0.3, 0.4) is 0 Å². The van der Waals surface area contributed by atoms with E-state index < -0.39 is 9.84 Å². The molecule has 134 valence electrons. The highest BCUT2D eigenvalue weighted by molar-refractivity contribution is 7.91. The number of amides is 1. The number of ether oxygens (including phenoxy) is 2. The highest BCUT2D eigenvalue weighted by Crippen LogP contribution is 2.29. The minimum Gasteiger partial charge on any atom is -0.493 e. The van der Waals surface area contributed by atoms with Gasteiger partial charge < -0.3 is 14.4 Å². The molecular formula is C17H25NO5S. The second-order valence-corrected chi connectivity index (χ2v) is 8.21. The van der Waals surface area contributed by atoms with Gasteiger partial charge in [-0.05, 0) is 31.0 Å². The molecule has 0 bridgehead atoms. The molecule has 1 aliphatic rings. The van der Waals surface area contributed by atoms with Crippen molar-refractivity contribution in [3.63, 3.8) is 0 Å². The Balaban J connectivity index is 2.27. The largest absolute Gasteiger partial charge is 0.493 e. The fourth-order valence-corrected chi connectivity index (χ4v) is 4.67. The van der Waals surface area contributed by atoms with Crippen molar-refractivity contribution in [2.75, 3.05) is 32.3 Å². The van der Waals surface area contributed by atoms with Gasteiger partial charge in [-0.1, -0.05) is 13.3 Å². The molecule has 0 spiro atoms. The standard InChI is InChI=1S/C17H25NO5S/c1-4-5-9-18(14-8-10-24(20,21)12-14)17(19)13-6-7-15(22-2)16(11-13)23-3/h6-7,11,14H,4-5,8-10,12H2,1-3H3/t14-/m1/s1. The number of hydrogen-bond donors (Lipinski definition) is 0. The number of hydrogen-bond acceptors (Lipinski definition) is 5. The molecule has 1 aliphatic heterocycles. The molecule has 0 aromatic heterocycles. The van der Waals surface area contributed by atoms with E-state index >= 15 is 0 Å². The summed E-state index contributed by atoms with van der Waals surface area (Å²) < 4.78 is 34.0. The van der Waals surface area contributed by atoms with Crippen molar-refractivity contribution < 1.29 is 22.7 Å². The van der Waals surface area contributed by atoms with Crippen LogP contribution in [0.25, 0.3) is 0 Å². The maximum atomic E-state index is 13.0. The number of unbranched alkanes of at least 4 members (excludes halogenated alkanes) is 1. The van der Waals surface area contributed by atoms with Crippen LogP contribution in [0.5, 0.6) is 11.5 Å². The molecule has 6 nitrogen and oxygen atoms in total. The third kappa shape index (κ3) is 4.20. The lowest BCUT2D eigenvalue weighted by atomic mass is 10.1. The van der Waals surface area contributed by atoms with E-state index in [1.807, 2.05) is 6.92 Å². The Hall–Kier alpha value is -1.76. The van der Waals surface area contributed by atoms with E-state index in [1.54, 1.807) is 23.1 Å². The molecule has 24 heavy (non-hydrogen) atoms. The number of benzene rings is 1. The molecular weight excluding hydrogens is 330 g/mol. The molecule has 1 aromatic rings. The van der Waals surface area contributed by atoms with Crippen LogP contribution in [0.4, 0.5) is 0 Å². The normalized spacial score (nSPS) is 19.0.